The molecule has 0 amide bonds. The lowest BCUT2D eigenvalue weighted by atomic mass is 9.98. The van der Waals surface area contributed by atoms with E-state index < -0.39 is 16.4 Å². The second-order valence-corrected chi connectivity index (χ2v) is 10.5. The van der Waals surface area contributed by atoms with Gasteiger partial charge in [0.05, 0.1) is 29.0 Å². The molecule has 2 aliphatic rings. The highest BCUT2D eigenvalue weighted by atomic mass is 32.2. The van der Waals surface area contributed by atoms with Crippen molar-refractivity contribution in [1.82, 2.24) is 9.97 Å². The van der Waals surface area contributed by atoms with E-state index in [2.05, 4.69) is 15.3 Å². The molecule has 170 valence electrons. The minimum absolute atomic E-state index is 0.0331. The molecule has 0 aliphatic heterocycles. The third-order valence-electron chi connectivity index (χ3n) is 6.42. The number of aryl methyl sites for hydroxylation is 1. The molecule has 4 unspecified atom stereocenters. The molecule has 2 aromatic heterocycles. The van der Waals surface area contributed by atoms with E-state index in [1.807, 2.05) is 11.4 Å². The molecule has 1 fully saturated rings. The first-order chi connectivity index (χ1) is 15.3. The number of nitrogens with zero attached hydrogens (tertiary/aromatic N) is 2. The summed E-state index contributed by atoms with van der Waals surface area (Å²) >= 11 is 1.54. The Bertz CT molecular complexity index is 1270. The number of hydrogen-bond donors (Lipinski definition) is 3. The smallest absolute Gasteiger partial charge is 0.333 e. The molecule has 4 atom stereocenters. The average molecular weight is 479 g/mol. The van der Waals surface area contributed by atoms with Gasteiger partial charge in [-0.2, -0.15) is 8.42 Å². The predicted molar refractivity (Wildman–Crippen MR) is 119 cm³/mol. The number of thiophene rings is 1. The normalized spacial score (nSPS) is 25.3. The van der Waals surface area contributed by atoms with Gasteiger partial charge in [0.2, 0.25) is 0 Å². The number of nitrogens with one attached hydrogen (secondary N) is 1. The van der Waals surface area contributed by atoms with E-state index in [1.54, 1.807) is 6.07 Å². The molecule has 1 aromatic carbocycles. The maximum atomic E-state index is 13.5. The Morgan fingerprint density at radius 2 is 2.12 bits per heavy atom. The zero-order valence-electron chi connectivity index (χ0n) is 17.1. The van der Waals surface area contributed by atoms with Gasteiger partial charge in [0.25, 0.3) is 0 Å². The van der Waals surface area contributed by atoms with Crippen LogP contribution in [0.4, 0.5) is 10.2 Å². The van der Waals surface area contributed by atoms with Crippen molar-refractivity contribution in [1.29, 1.82) is 0 Å². The fourth-order valence-corrected chi connectivity index (χ4v) is 6.30. The molecule has 2 aliphatic carbocycles. The van der Waals surface area contributed by atoms with E-state index in [-0.39, 0.29) is 30.3 Å². The van der Waals surface area contributed by atoms with E-state index in [9.17, 15) is 17.9 Å². The fourth-order valence-electron chi connectivity index (χ4n) is 4.88. The number of aromatic nitrogens is 2. The number of aliphatic hydroxyl groups excluding tert-OH is 1. The monoisotopic (exact) mass is 478 g/mol. The van der Waals surface area contributed by atoms with Crippen molar-refractivity contribution in [2.24, 2.45) is 11.1 Å². The lowest BCUT2D eigenvalue weighted by Crippen LogP contribution is -2.24. The van der Waals surface area contributed by atoms with Gasteiger partial charge < -0.3 is 10.4 Å². The minimum Gasteiger partial charge on any atom is -0.393 e. The fraction of sp³-hybridized carbons (Fsp3) is 0.429. The maximum Gasteiger partial charge on any atom is 0.333 e. The van der Waals surface area contributed by atoms with Gasteiger partial charge in [-0.3, -0.25) is 4.18 Å². The highest BCUT2D eigenvalue weighted by molar-refractivity contribution is 7.84. The Labute approximate surface area is 188 Å². The number of nitrogens with two attached hydrogens (primary N) is 1. The average Bonchev–Trinajstić information content (AvgIpc) is 3.43. The van der Waals surface area contributed by atoms with Crippen LogP contribution in [0.25, 0.3) is 10.2 Å². The standard InChI is InChI=1S/C21H23FN4O4S2/c22-14-2-3-15-11(6-14)1-4-17(15)26-21-20-19(24-10-25-21)16(9-31-20)12-5-13(18(27)7-12)8-30-32(23,28)29/h2-3,6,9-10,12-13,17-18,27H,1,4-5,7-8H2,(H2,23,28,29)(H,24,25,26). The third-order valence-corrected chi connectivity index (χ3v) is 7.88. The van der Waals surface area contributed by atoms with Crippen LogP contribution in [-0.4, -0.2) is 36.2 Å². The van der Waals surface area contributed by atoms with Crippen molar-refractivity contribution in [2.75, 3.05) is 11.9 Å². The van der Waals surface area contributed by atoms with Crippen molar-refractivity contribution in [2.45, 2.75) is 43.7 Å². The van der Waals surface area contributed by atoms with Crippen LogP contribution in [-0.2, 0) is 20.9 Å². The lowest BCUT2D eigenvalue weighted by Gasteiger charge is -2.15. The molecule has 4 N–H and O–H groups in total. The zero-order valence-corrected chi connectivity index (χ0v) is 18.7. The highest BCUT2D eigenvalue weighted by Crippen LogP contribution is 2.44. The minimum atomic E-state index is -4.04. The Morgan fingerprint density at radius 3 is 2.94 bits per heavy atom. The first-order valence-electron chi connectivity index (χ1n) is 10.4. The molecule has 3 aromatic rings. The first kappa shape index (κ1) is 21.7. The first-order valence-corrected chi connectivity index (χ1v) is 12.8. The second-order valence-electron chi connectivity index (χ2n) is 8.44. The number of rotatable bonds is 6. The summed E-state index contributed by atoms with van der Waals surface area (Å²) < 4.78 is 41.3. The van der Waals surface area contributed by atoms with Gasteiger partial charge in [0.1, 0.15) is 18.0 Å². The number of hydrogen-bond acceptors (Lipinski definition) is 8. The van der Waals surface area contributed by atoms with Crippen molar-refractivity contribution in [3.8, 4) is 0 Å². The molecule has 8 nitrogen and oxygen atoms in total. The number of halogens is 1. The molecule has 2 heterocycles. The molecule has 0 bridgehead atoms. The van der Waals surface area contributed by atoms with Gasteiger partial charge in [-0.15, -0.1) is 11.3 Å². The van der Waals surface area contributed by atoms with E-state index in [1.165, 1.54) is 23.7 Å². The number of aliphatic hydroxyl groups is 1. The molecule has 32 heavy (non-hydrogen) atoms. The van der Waals surface area contributed by atoms with Gasteiger partial charge in [-0.25, -0.2) is 19.5 Å². The van der Waals surface area contributed by atoms with Crippen molar-refractivity contribution < 1.29 is 22.1 Å². The summed E-state index contributed by atoms with van der Waals surface area (Å²) in [5.41, 5.74) is 3.95. The van der Waals surface area contributed by atoms with Gasteiger partial charge in [-0.05, 0) is 65.8 Å². The van der Waals surface area contributed by atoms with E-state index in [4.69, 9.17) is 9.32 Å². The van der Waals surface area contributed by atoms with Gasteiger partial charge in [0, 0.05) is 5.92 Å². The largest absolute Gasteiger partial charge is 0.393 e. The van der Waals surface area contributed by atoms with Gasteiger partial charge in [0.15, 0.2) is 0 Å². The Kier molecular flexibility index (Phi) is 5.62. The summed E-state index contributed by atoms with van der Waals surface area (Å²) in [5, 5.41) is 20.8. The summed E-state index contributed by atoms with van der Waals surface area (Å²) in [7, 11) is -4.04. The number of anilines is 1. The topological polar surface area (TPSA) is 127 Å². The molecule has 11 heteroatoms. The van der Waals surface area contributed by atoms with Crippen LogP contribution in [0, 0.1) is 11.7 Å². The second kappa shape index (κ2) is 8.31. The summed E-state index contributed by atoms with van der Waals surface area (Å²) in [6.07, 6.45) is 3.61. The van der Waals surface area contributed by atoms with Crippen LogP contribution < -0.4 is 10.5 Å². The maximum absolute atomic E-state index is 13.5. The molecular weight excluding hydrogens is 455 g/mol. The Balaban J connectivity index is 1.36. The SMILES string of the molecule is NS(=O)(=O)OCC1CC(c2csc3c(NC4CCc5cc(F)ccc54)ncnc23)CC1O. The van der Waals surface area contributed by atoms with E-state index >= 15 is 0 Å². The lowest BCUT2D eigenvalue weighted by molar-refractivity contribution is 0.101. The summed E-state index contributed by atoms with van der Waals surface area (Å²) in [4.78, 5) is 8.94. The van der Waals surface area contributed by atoms with Crippen LogP contribution in [0.15, 0.2) is 29.9 Å². The summed E-state index contributed by atoms with van der Waals surface area (Å²) in [6, 6.07) is 4.97. The Hall–Kier alpha value is -2.18. The molecule has 5 rings (SSSR count). The van der Waals surface area contributed by atoms with Gasteiger partial charge >= 0.3 is 10.3 Å². The quantitative estimate of drug-likeness (QED) is 0.497. The van der Waals surface area contributed by atoms with Crippen LogP contribution in [0.5, 0.6) is 0 Å². The molecule has 0 saturated heterocycles. The van der Waals surface area contributed by atoms with Crippen LogP contribution in [0.1, 0.15) is 47.9 Å². The van der Waals surface area contributed by atoms with Crippen molar-refractivity contribution >= 4 is 37.7 Å². The third kappa shape index (κ3) is 4.23. The number of fused-ring (bicyclic) bond motifs is 2. The number of benzene rings is 1. The summed E-state index contributed by atoms with van der Waals surface area (Å²) in [5.74, 6) is 0.234. The molecular formula is C21H23FN4O4S2. The van der Waals surface area contributed by atoms with Crippen molar-refractivity contribution in [3.63, 3.8) is 0 Å². The van der Waals surface area contributed by atoms with Gasteiger partial charge in [-0.1, -0.05) is 6.07 Å². The predicted octanol–water partition coefficient (Wildman–Crippen LogP) is 3.00. The van der Waals surface area contributed by atoms with Crippen molar-refractivity contribution in [3.05, 3.63) is 52.4 Å². The van der Waals surface area contributed by atoms with E-state index in [0.717, 1.165) is 45.6 Å². The summed E-state index contributed by atoms with van der Waals surface area (Å²) in [6.45, 7) is -0.137. The molecule has 1 saturated carbocycles. The molecule has 0 spiro atoms. The van der Waals surface area contributed by atoms with Crippen LogP contribution >= 0.6 is 11.3 Å². The van der Waals surface area contributed by atoms with Crippen LogP contribution in [0.3, 0.4) is 0 Å². The van der Waals surface area contributed by atoms with Crippen LogP contribution in [0.2, 0.25) is 0 Å². The van der Waals surface area contributed by atoms with E-state index in [0.29, 0.717) is 12.8 Å². The zero-order chi connectivity index (χ0) is 22.5. The Morgan fingerprint density at radius 1 is 1.28 bits per heavy atom. The highest BCUT2D eigenvalue weighted by Gasteiger charge is 2.36. The molecule has 0 radical (unpaired) electrons.